The molecule has 1 aliphatic carbocycles. The van der Waals surface area contributed by atoms with Gasteiger partial charge in [0.15, 0.2) is 0 Å². The Morgan fingerprint density at radius 3 is 2.38 bits per heavy atom. The second-order valence-corrected chi connectivity index (χ2v) is 8.27. The van der Waals surface area contributed by atoms with Crippen LogP contribution in [0.15, 0.2) is 24.3 Å². The Hall–Kier alpha value is -1.42. The first-order valence-electron chi connectivity index (χ1n) is 8.91. The maximum absolute atomic E-state index is 12.8. The van der Waals surface area contributed by atoms with E-state index in [1.165, 1.54) is 12.1 Å². The van der Waals surface area contributed by atoms with Gasteiger partial charge in [0.05, 0.1) is 5.60 Å². The van der Waals surface area contributed by atoms with E-state index in [9.17, 15) is 14.3 Å². The van der Waals surface area contributed by atoms with Gasteiger partial charge in [-0.3, -0.25) is 4.79 Å². The number of carbonyl (C=O) groups excluding carboxylic acids is 1. The lowest BCUT2D eigenvalue weighted by molar-refractivity contribution is -0.123. The summed E-state index contributed by atoms with van der Waals surface area (Å²) in [6.07, 6.45) is 4.43. The Balaban J connectivity index is 1.72. The molecule has 24 heavy (non-hydrogen) atoms. The maximum atomic E-state index is 12.8. The third kappa shape index (κ3) is 5.59. The molecule has 0 aromatic heterocycles. The van der Waals surface area contributed by atoms with E-state index >= 15 is 0 Å². The largest absolute Gasteiger partial charge is 0.388 e. The molecule has 1 aliphatic rings. The summed E-state index contributed by atoms with van der Waals surface area (Å²) in [7, 11) is 0. The average molecular weight is 335 g/mol. The third-order valence-electron chi connectivity index (χ3n) is 5.31. The van der Waals surface area contributed by atoms with Crippen LogP contribution < -0.4 is 5.32 Å². The molecule has 0 spiro atoms. The molecule has 0 radical (unpaired) electrons. The van der Waals surface area contributed by atoms with Crippen molar-refractivity contribution in [2.45, 2.75) is 64.9 Å². The first-order chi connectivity index (χ1) is 11.2. The summed E-state index contributed by atoms with van der Waals surface area (Å²) in [5.74, 6) is 0.300. The molecular formula is C20H30FNO2. The van der Waals surface area contributed by atoms with Gasteiger partial charge in [-0.15, -0.1) is 0 Å². The van der Waals surface area contributed by atoms with Crippen molar-refractivity contribution >= 4 is 5.91 Å². The normalized spacial score (nSPS) is 24.6. The second-order valence-electron chi connectivity index (χ2n) is 8.27. The van der Waals surface area contributed by atoms with E-state index in [1.54, 1.807) is 12.1 Å². The fourth-order valence-corrected chi connectivity index (χ4v) is 3.46. The number of halogens is 1. The van der Waals surface area contributed by atoms with Crippen LogP contribution in [-0.4, -0.2) is 23.2 Å². The summed E-state index contributed by atoms with van der Waals surface area (Å²) in [6.45, 7) is 7.07. The molecule has 2 rings (SSSR count). The molecule has 0 aliphatic heterocycles. The van der Waals surface area contributed by atoms with Crippen LogP contribution in [0.1, 0.15) is 58.4 Å². The highest BCUT2D eigenvalue weighted by atomic mass is 19.1. The molecule has 1 aromatic rings. The lowest BCUT2D eigenvalue weighted by Crippen LogP contribution is -2.46. The zero-order valence-corrected chi connectivity index (χ0v) is 15.1. The molecule has 0 unspecified atom stereocenters. The van der Waals surface area contributed by atoms with E-state index in [0.717, 1.165) is 31.2 Å². The summed E-state index contributed by atoms with van der Waals surface area (Å²) >= 11 is 0. The fraction of sp³-hybridized carbons (Fsp3) is 0.650. The molecule has 0 saturated heterocycles. The van der Waals surface area contributed by atoms with Crippen LogP contribution in [0.2, 0.25) is 0 Å². The van der Waals surface area contributed by atoms with E-state index in [4.69, 9.17) is 0 Å². The Morgan fingerprint density at radius 1 is 1.25 bits per heavy atom. The molecule has 3 nitrogen and oxygen atoms in total. The summed E-state index contributed by atoms with van der Waals surface area (Å²) in [5, 5.41) is 13.5. The van der Waals surface area contributed by atoms with Crippen molar-refractivity contribution in [2.24, 2.45) is 11.3 Å². The van der Waals surface area contributed by atoms with Crippen molar-refractivity contribution in [3.63, 3.8) is 0 Å². The number of aliphatic hydroxyl groups is 1. The molecule has 1 saturated carbocycles. The SMILES string of the molecule is CC(C)(C)C1CCC(O)(CNC(=O)CCc2ccc(F)cc2)CC1. The molecule has 0 atom stereocenters. The molecule has 1 fully saturated rings. The number of nitrogens with one attached hydrogen (secondary N) is 1. The summed E-state index contributed by atoms with van der Waals surface area (Å²) in [4.78, 5) is 12.0. The Morgan fingerprint density at radius 2 is 1.83 bits per heavy atom. The van der Waals surface area contributed by atoms with E-state index in [-0.39, 0.29) is 17.1 Å². The van der Waals surface area contributed by atoms with Gasteiger partial charge >= 0.3 is 0 Å². The zero-order chi connectivity index (χ0) is 17.8. The summed E-state index contributed by atoms with van der Waals surface area (Å²) in [5.41, 5.74) is 0.448. The first-order valence-corrected chi connectivity index (χ1v) is 8.91. The van der Waals surface area contributed by atoms with Crippen LogP contribution >= 0.6 is 0 Å². The van der Waals surface area contributed by atoms with Gasteiger partial charge in [-0.1, -0.05) is 32.9 Å². The first kappa shape index (κ1) is 18.9. The van der Waals surface area contributed by atoms with E-state index < -0.39 is 5.60 Å². The minimum absolute atomic E-state index is 0.0642. The molecule has 1 amide bonds. The monoisotopic (exact) mass is 335 g/mol. The summed E-state index contributed by atoms with van der Waals surface area (Å²) < 4.78 is 12.8. The second kappa shape index (κ2) is 7.64. The van der Waals surface area contributed by atoms with Crippen molar-refractivity contribution in [3.8, 4) is 0 Å². The van der Waals surface area contributed by atoms with Gasteiger partial charge in [0.2, 0.25) is 5.91 Å². The van der Waals surface area contributed by atoms with Crippen LogP contribution in [0.3, 0.4) is 0 Å². The van der Waals surface area contributed by atoms with Crippen molar-refractivity contribution < 1.29 is 14.3 Å². The number of carbonyl (C=O) groups is 1. The zero-order valence-electron chi connectivity index (χ0n) is 15.1. The van der Waals surface area contributed by atoms with E-state index in [2.05, 4.69) is 26.1 Å². The Labute approximate surface area is 144 Å². The number of aryl methyl sites for hydroxylation is 1. The van der Waals surface area contributed by atoms with Gasteiger partial charge in [-0.25, -0.2) is 4.39 Å². The number of rotatable bonds is 5. The smallest absolute Gasteiger partial charge is 0.220 e. The van der Waals surface area contributed by atoms with Gasteiger partial charge in [-0.2, -0.15) is 0 Å². The van der Waals surface area contributed by atoms with Crippen LogP contribution in [0.5, 0.6) is 0 Å². The Kier molecular flexibility index (Phi) is 6.02. The highest BCUT2D eigenvalue weighted by Crippen LogP contribution is 2.41. The molecule has 0 bridgehead atoms. The predicted octanol–water partition coefficient (Wildman–Crippen LogP) is 3.84. The van der Waals surface area contributed by atoms with Gasteiger partial charge in [0.25, 0.3) is 0 Å². The van der Waals surface area contributed by atoms with E-state index in [0.29, 0.717) is 25.3 Å². The highest BCUT2D eigenvalue weighted by Gasteiger charge is 2.37. The van der Waals surface area contributed by atoms with Crippen LogP contribution in [0.25, 0.3) is 0 Å². The number of benzene rings is 1. The van der Waals surface area contributed by atoms with Crippen molar-refractivity contribution in [1.82, 2.24) is 5.32 Å². The molecular weight excluding hydrogens is 305 g/mol. The molecule has 134 valence electrons. The van der Waals surface area contributed by atoms with Crippen molar-refractivity contribution in [3.05, 3.63) is 35.6 Å². The third-order valence-corrected chi connectivity index (χ3v) is 5.31. The lowest BCUT2D eigenvalue weighted by atomic mass is 9.68. The number of hydrogen-bond donors (Lipinski definition) is 2. The number of hydrogen-bond acceptors (Lipinski definition) is 2. The van der Waals surface area contributed by atoms with E-state index in [1.807, 2.05) is 0 Å². The average Bonchev–Trinajstić information content (AvgIpc) is 2.52. The Bertz CT molecular complexity index is 540. The highest BCUT2D eigenvalue weighted by molar-refractivity contribution is 5.76. The molecule has 2 N–H and O–H groups in total. The van der Waals surface area contributed by atoms with Gasteiger partial charge < -0.3 is 10.4 Å². The fourth-order valence-electron chi connectivity index (χ4n) is 3.46. The van der Waals surface area contributed by atoms with Gasteiger partial charge in [0.1, 0.15) is 5.82 Å². The van der Waals surface area contributed by atoms with Crippen LogP contribution in [0, 0.1) is 17.2 Å². The van der Waals surface area contributed by atoms with Gasteiger partial charge in [0, 0.05) is 13.0 Å². The van der Waals surface area contributed by atoms with Gasteiger partial charge in [-0.05, 0) is 61.1 Å². The quantitative estimate of drug-likeness (QED) is 0.859. The standard InChI is InChI=1S/C20H30FNO2/c1-19(2,3)16-10-12-20(24,13-11-16)14-22-18(23)9-6-15-4-7-17(21)8-5-15/h4-5,7-8,16,24H,6,9-14H2,1-3H3,(H,22,23). The van der Waals surface area contributed by atoms with Crippen molar-refractivity contribution in [2.75, 3.05) is 6.54 Å². The molecule has 0 heterocycles. The van der Waals surface area contributed by atoms with Crippen molar-refractivity contribution in [1.29, 1.82) is 0 Å². The molecule has 1 aromatic carbocycles. The topological polar surface area (TPSA) is 49.3 Å². The minimum atomic E-state index is -0.771. The summed E-state index contributed by atoms with van der Waals surface area (Å²) in [6, 6.07) is 6.21. The predicted molar refractivity (Wildman–Crippen MR) is 94.1 cm³/mol. The van der Waals surface area contributed by atoms with Crippen LogP contribution in [-0.2, 0) is 11.2 Å². The maximum Gasteiger partial charge on any atom is 0.220 e. The molecule has 4 heteroatoms. The minimum Gasteiger partial charge on any atom is -0.388 e. The number of amides is 1. The van der Waals surface area contributed by atoms with Crippen LogP contribution in [0.4, 0.5) is 4.39 Å². The lowest BCUT2D eigenvalue weighted by Gasteiger charge is -2.41.